The van der Waals surface area contributed by atoms with Gasteiger partial charge >= 0.3 is 0 Å². The summed E-state index contributed by atoms with van der Waals surface area (Å²) in [5, 5.41) is 22.1. The van der Waals surface area contributed by atoms with Crippen LogP contribution in [0.25, 0.3) is 11.3 Å². The summed E-state index contributed by atoms with van der Waals surface area (Å²) in [6, 6.07) is 14.0. The van der Waals surface area contributed by atoms with Gasteiger partial charge in [-0.1, -0.05) is 30.0 Å². The molecule has 1 amide bonds. The minimum absolute atomic E-state index is 0.0260. The number of benzene rings is 2. The number of aromatic nitrogens is 2. The smallest absolute Gasteiger partial charge is 0.270 e. The Hall–Kier alpha value is -3.33. The Kier molecular flexibility index (Phi) is 5.95. The van der Waals surface area contributed by atoms with Crippen LogP contribution in [-0.4, -0.2) is 26.8 Å². The molecule has 0 aliphatic carbocycles. The third-order valence-electron chi connectivity index (χ3n) is 3.80. The van der Waals surface area contributed by atoms with Crippen molar-refractivity contribution >= 4 is 29.0 Å². The molecule has 0 radical (unpaired) electrons. The number of carbonyl (C=O) groups is 1. The zero-order valence-corrected chi connectivity index (χ0v) is 15.6. The van der Waals surface area contributed by atoms with Crippen LogP contribution in [0.5, 0.6) is 0 Å². The van der Waals surface area contributed by atoms with E-state index < -0.39 is 4.92 Å². The number of nitrogens with zero attached hydrogens (tertiary/aromatic N) is 3. The topological polar surface area (TPSA) is 98.0 Å². The van der Waals surface area contributed by atoms with Crippen molar-refractivity contribution in [3.8, 4) is 11.3 Å². The van der Waals surface area contributed by atoms with Gasteiger partial charge in [-0.25, -0.2) is 4.39 Å². The fourth-order valence-electron chi connectivity index (χ4n) is 2.34. The molecule has 3 rings (SSSR count). The van der Waals surface area contributed by atoms with E-state index in [1.807, 2.05) is 0 Å². The fraction of sp³-hybridized carbons (Fsp3) is 0.105. The van der Waals surface area contributed by atoms with Crippen LogP contribution in [0.1, 0.15) is 5.56 Å². The Morgan fingerprint density at radius 3 is 2.68 bits per heavy atom. The zero-order chi connectivity index (χ0) is 20.1. The molecule has 0 saturated carbocycles. The van der Waals surface area contributed by atoms with Gasteiger partial charge in [-0.3, -0.25) is 14.9 Å². The van der Waals surface area contributed by atoms with Gasteiger partial charge in [0.15, 0.2) is 0 Å². The molecule has 142 valence electrons. The summed E-state index contributed by atoms with van der Waals surface area (Å²) in [6.45, 7) is 1.65. The van der Waals surface area contributed by atoms with Crippen molar-refractivity contribution < 1.29 is 14.1 Å². The summed E-state index contributed by atoms with van der Waals surface area (Å²) in [7, 11) is 0. The van der Waals surface area contributed by atoms with Crippen LogP contribution in [0.15, 0.2) is 59.6 Å². The summed E-state index contributed by atoms with van der Waals surface area (Å²) in [6.07, 6.45) is 0. The number of nitro groups is 1. The molecule has 0 fully saturated rings. The average molecular weight is 398 g/mol. The highest BCUT2D eigenvalue weighted by Gasteiger charge is 2.10. The van der Waals surface area contributed by atoms with Crippen molar-refractivity contribution in [3.63, 3.8) is 0 Å². The van der Waals surface area contributed by atoms with Gasteiger partial charge in [0.2, 0.25) is 5.91 Å². The lowest BCUT2D eigenvalue weighted by atomic mass is 10.1. The van der Waals surface area contributed by atoms with Crippen LogP contribution in [0, 0.1) is 22.9 Å². The van der Waals surface area contributed by atoms with Gasteiger partial charge in [-0.15, -0.1) is 10.2 Å². The van der Waals surface area contributed by atoms with Gasteiger partial charge in [0, 0.05) is 23.4 Å². The first kappa shape index (κ1) is 19.4. The van der Waals surface area contributed by atoms with Crippen molar-refractivity contribution in [2.24, 2.45) is 0 Å². The third-order valence-corrected chi connectivity index (χ3v) is 4.72. The number of rotatable bonds is 6. The van der Waals surface area contributed by atoms with Crippen molar-refractivity contribution in [3.05, 3.63) is 76.1 Å². The first-order valence-electron chi connectivity index (χ1n) is 8.20. The molecule has 9 heteroatoms. The average Bonchev–Trinajstić information content (AvgIpc) is 2.70. The number of thioether (sulfide) groups is 1. The summed E-state index contributed by atoms with van der Waals surface area (Å²) < 4.78 is 13.5. The molecule has 0 unspecified atom stereocenters. The molecule has 0 aliphatic heterocycles. The lowest BCUT2D eigenvalue weighted by Gasteiger charge is -2.06. The van der Waals surface area contributed by atoms with E-state index in [1.54, 1.807) is 43.3 Å². The molecule has 1 N–H and O–H groups in total. The standard InChI is InChI=1S/C19H15FN4O3S/c1-12-5-6-14(10-16(12)20)21-18(25)11-28-19-8-7-17(22-23-19)13-3-2-4-15(9-13)24(26)27/h2-10H,11H2,1H3,(H,21,25). The maximum atomic E-state index is 13.5. The lowest BCUT2D eigenvalue weighted by Crippen LogP contribution is -2.14. The molecule has 1 aromatic heterocycles. The molecular weight excluding hydrogens is 383 g/mol. The van der Waals surface area contributed by atoms with Crippen molar-refractivity contribution in [1.29, 1.82) is 0 Å². The molecule has 0 atom stereocenters. The molecule has 3 aromatic rings. The second-order valence-electron chi connectivity index (χ2n) is 5.87. The minimum Gasteiger partial charge on any atom is -0.325 e. The number of hydrogen-bond acceptors (Lipinski definition) is 6. The monoisotopic (exact) mass is 398 g/mol. The molecule has 0 bridgehead atoms. The van der Waals surface area contributed by atoms with E-state index in [1.165, 1.54) is 30.0 Å². The second-order valence-corrected chi connectivity index (χ2v) is 6.86. The fourth-order valence-corrected chi connectivity index (χ4v) is 2.95. The zero-order valence-electron chi connectivity index (χ0n) is 14.8. The summed E-state index contributed by atoms with van der Waals surface area (Å²) in [5.41, 5.74) is 1.94. The number of nitro benzene ring substituents is 1. The molecular formula is C19H15FN4O3S. The quantitative estimate of drug-likeness (QED) is 0.379. The number of amides is 1. The third kappa shape index (κ3) is 4.89. The number of halogens is 1. The van der Waals surface area contributed by atoms with E-state index in [0.29, 0.717) is 27.5 Å². The van der Waals surface area contributed by atoms with E-state index in [4.69, 9.17) is 0 Å². The maximum absolute atomic E-state index is 13.5. The second kappa shape index (κ2) is 8.57. The Balaban J connectivity index is 1.59. The number of anilines is 1. The summed E-state index contributed by atoms with van der Waals surface area (Å²) in [4.78, 5) is 22.4. The number of carbonyl (C=O) groups excluding carboxylic acids is 1. The highest BCUT2D eigenvalue weighted by Crippen LogP contribution is 2.23. The predicted octanol–water partition coefficient (Wildman–Crippen LogP) is 4.23. The molecule has 1 heterocycles. The van der Waals surface area contributed by atoms with E-state index in [2.05, 4.69) is 15.5 Å². The maximum Gasteiger partial charge on any atom is 0.270 e. The first-order valence-corrected chi connectivity index (χ1v) is 9.18. The van der Waals surface area contributed by atoms with Crippen molar-refractivity contribution in [1.82, 2.24) is 10.2 Å². The van der Waals surface area contributed by atoms with Gasteiger partial charge < -0.3 is 5.32 Å². The highest BCUT2D eigenvalue weighted by molar-refractivity contribution is 7.99. The molecule has 0 spiro atoms. The van der Waals surface area contributed by atoms with E-state index >= 15 is 0 Å². The Morgan fingerprint density at radius 1 is 1.18 bits per heavy atom. The molecule has 0 aliphatic rings. The Bertz CT molecular complexity index is 1030. The number of aryl methyl sites for hydroxylation is 1. The molecule has 2 aromatic carbocycles. The Morgan fingerprint density at radius 2 is 2.00 bits per heavy atom. The van der Waals surface area contributed by atoms with Gasteiger partial charge in [0.1, 0.15) is 10.8 Å². The first-order chi connectivity index (χ1) is 13.4. The normalized spacial score (nSPS) is 10.5. The minimum atomic E-state index is -0.473. The van der Waals surface area contributed by atoms with Gasteiger partial charge in [-0.05, 0) is 36.8 Å². The molecule has 7 nitrogen and oxygen atoms in total. The van der Waals surface area contributed by atoms with Crippen LogP contribution < -0.4 is 5.32 Å². The van der Waals surface area contributed by atoms with Gasteiger partial charge in [0.25, 0.3) is 5.69 Å². The molecule has 28 heavy (non-hydrogen) atoms. The van der Waals surface area contributed by atoms with Crippen LogP contribution in [0.3, 0.4) is 0 Å². The molecule has 0 saturated heterocycles. The summed E-state index contributed by atoms with van der Waals surface area (Å²) >= 11 is 1.18. The largest absolute Gasteiger partial charge is 0.325 e. The van der Waals surface area contributed by atoms with E-state index in [0.717, 1.165) is 0 Å². The summed E-state index contributed by atoms with van der Waals surface area (Å²) in [5.74, 6) is -0.591. The van der Waals surface area contributed by atoms with Crippen LogP contribution in [-0.2, 0) is 4.79 Å². The van der Waals surface area contributed by atoms with Crippen molar-refractivity contribution in [2.45, 2.75) is 11.9 Å². The Labute approximate surface area is 164 Å². The van der Waals surface area contributed by atoms with Crippen LogP contribution in [0.4, 0.5) is 15.8 Å². The highest BCUT2D eigenvalue weighted by atomic mass is 32.2. The lowest BCUT2D eigenvalue weighted by molar-refractivity contribution is -0.384. The van der Waals surface area contributed by atoms with E-state index in [9.17, 15) is 19.3 Å². The van der Waals surface area contributed by atoms with Crippen LogP contribution >= 0.6 is 11.8 Å². The number of hydrogen-bond donors (Lipinski definition) is 1. The predicted molar refractivity (Wildman–Crippen MR) is 105 cm³/mol. The van der Waals surface area contributed by atoms with Gasteiger partial charge in [0.05, 0.1) is 16.4 Å². The van der Waals surface area contributed by atoms with E-state index in [-0.39, 0.29) is 23.2 Å². The number of nitrogens with one attached hydrogen (secondary N) is 1. The SMILES string of the molecule is Cc1ccc(NC(=O)CSc2ccc(-c3cccc([N+](=O)[O-])c3)nn2)cc1F. The number of non-ortho nitro benzene ring substituents is 1. The van der Waals surface area contributed by atoms with Crippen molar-refractivity contribution in [2.75, 3.05) is 11.1 Å². The van der Waals surface area contributed by atoms with Crippen LogP contribution in [0.2, 0.25) is 0 Å². The van der Waals surface area contributed by atoms with Gasteiger partial charge in [-0.2, -0.15) is 0 Å².